The number of rotatable bonds is 7. The number of nitro benzene ring substituents is 1. The monoisotopic (exact) mass is 372 g/mol. The molecule has 0 aliphatic rings. The number of methoxy groups -OCH3 is 2. The van der Waals surface area contributed by atoms with Crippen molar-refractivity contribution in [1.29, 1.82) is 0 Å². The largest absolute Gasteiger partial charge is 0.493 e. The molecule has 1 N–H and O–H groups in total. The molecule has 0 radical (unpaired) electrons. The van der Waals surface area contributed by atoms with E-state index < -0.39 is 10.8 Å². The van der Waals surface area contributed by atoms with Gasteiger partial charge in [0.15, 0.2) is 11.5 Å². The molecule has 1 unspecified atom stereocenters. The molecule has 27 heavy (non-hydrogen) atoms. The predicted octanol–water partition coefficient (Wildman–Crippen LogP) is 3.59. The van der Waals surface area contributed by atoms with Crippen LogP contribution in [-0.2, 0) is 6.42 Å². The number of aryl methyl sites for hydroxylation is 2. The molecule has 0 spiro atoms. The average Bonchev–Trinajstić information content (AvgIpc) is 2.62. The van der Waals surface area contributed by atoms with Crippen molar-refractivity contribution >= 4 is 11.6 Å². The molecular weight excluding hydrogens is 348 g/mol. The van der Waals surface area contributed by atoms with Gasteiger partial charge >= 0.3 is 0 Å². The minimum absolute atomic E-state index is 0.0647. The highest BCUT2D eigenvalue weighted by Gasteiger charge is 2.25. The number of nitro groups is 1. The van der Waals surface area contributed by atoms with Gasteiger partial charge in [-0.3, -0.25) is 14.9 Å². The zero-order valence-electron chi connectivity index (χ0n) is 16.2. The van der Waals surface area contributed by atoms with Gasteiger partial charge in [0, 0.05) is 12.1 Å². The Kier molecular flexibility index (Phi) is 6.39. The summed E-state index contributed by atoms with van der Waals surface area (Å²) in [5.74, 6) is -0.0701. The quantitative estimate of drug-likeness (QED) is 0.592. The standard InChI is InChI=1S/C20H24N2O5/c1-12-6-7-15(13(2)8-12)9-14(3)21-20(23)16-10-18(26-4)19(27-5)11-17(16)22(24)25/h6-8,10-11,14H,9H2,1-5H3,(H,21,23). The van der Waals surface area contributed by atoms with Crippen LogP contribution in [0.15, 0.2) is 30.3 Å². The van der Waals surface area contributed by atoms with E-state index in [0.717, 1.165) is 11.1 Å². The van der Waals surface area contributed by atoms with Gasteiger partial charge in [-0.15, -0.1) is 0 Å². The molecular formula is C20H24N2O5. The van der Waals surface area contributed by atoms with Gasteiger partial charge in [-0.05, 0) is 38.3 Å². The number of nitrogens with one attached hydrogen (secondary N) is 1. The number of carbonyl (C=O) groups is 1. The van der Waals surface area contributed by atoms with E-state index in [-0.39, 0.29) is 28.8 Å². The number of benzene rings is 2. The Labute approximate surface area is 158 Å². The van der Waals surface area contributed by atoms with E-state index in [9.17, 15) is 14.9 Å². The van der Waals surface area contributed by atoms with Crippen LogP contribution in [-0.4, -0.2) is 31.1 Å². The van der Waals surface area contributed by atoms with E-state index in [1.165, 1.54) is 31.9 Å². The summed E-state index contributed by atoms with van der Waals surface area (Å²) in [4.78, 5) is 23.4. The molecule has 0 saturated carbocycles. The molecule has 2 rings (SSSR count). The van der Waals surface area contributed by atoms with Crippen molar-refractivity contribution in [3.05, 3.63) is 62.7 Å². The van der Waals surface area contributed by atoms with Gasteiger partial charge in [0.05, 0.1) is 25.2 Å². The lowest BCUT2D eigenvalue weighted by Gasteiger charge is -2.16. The second-order valence-corrected chi connectivity index (χ2v) is 6.49. The number of hydrogen-bond donors (Lipinski definition) is 1. The van der Waals surface area contributed by atoms with E-state index >= 15 is 0 Å². The van der Waals surface area contributed by atoms with Crippen LogP contribution in [0.3, 0.4) is 0 Å². The minimum Gasteiger partial charge on any atom is -0.493 e. The zero-order valence-corrected chi connectivity index (χ0v) is 16.2. The maximum Gasteiger partial charge on any atom is 0.286 e. The van der Waals surface area contributed by atoms with Crippen LogP contribution in [0.2, 0.25) is 0 Å². The maximum atomic E-state index is 12.7. The molecule has 0 aliphatic carbocycles. The van der Waals surface area contributed by atoms with Gasteiger partial charge in [-0.1, -0.05) is 23.8 Å². The molecule has 1 amide bonds. The van der Waals surface area contributed by atoms with Crippen molar-refractivity contribution in [3.8, 4) is 11.5 Å². The number of hydrogen-bond acceptors (Lipinski definition) is 5. The molecule has 0 bridgehead atoms. The first kappa shape index (κ1) is 20.2. The summed E-state index contributed by atoms with van der Waals surface area (Å²) < 4.78 is 10.2. The van der Waals surface area contributed by atoms with E-state index in [4.69, 9.17) is 9.47 Å². The Morgan fingerprint density at radius 2 is 1.78 bits per heavy atom. The number of amides is 1. The van der Waals surface area contributed by atoms with Gasteiger partial charge in [0.25, 0.3) is 11.6 Å². The van der Waals surface area contributed by atoms with Crippen LogP contribution < -0.4 is 14.8 Å². The minimum atomic E-state index is -0.605. The third-order valence-corrected chi connectivity index (χ3v) is 4.34. The number of carbonyl (C=O) groups excluding carboxylic acids is 1. The van der Waals surface area contributed by atoms with Gasteiger partial charge in [0.2, 0.25) is 0 Å². The van der Waals surface area contributed by atoms with Crippen molar-refractivity contribution in [2.24, 2.45) is 0 Å². The van der Waals surface area contributed by atoms with E-state index in [0.29, 0.717) is 6.42 Å². The predicted molar refractivity (Wildman–Crippen MR) is 103 cm³/mol. The summed E-state index contributed by atoms with van der Waals surface area (Å²) in [6, 6.07) is 8.47. The van der Waals surface area contributed by atoms with E-state index in [1.54, 1.807) is 0 Å². The average molecular weight is 372 g/mol. The Morgan fingerprint density at radius 3 is 2.33 bits per heavy atom. The molecule has 1 atom stereocenters. The summed E-state index contributed by atoms with van der Waals surface area (Å²) in [6.07, 6.45) is 0.624. The first-order valence-electron chi connectivity index (χ1n) is 8.54. The van der Waals surface area contributed by atoms with Crippen molar-refractivity contribution < 1.29 is 19.2 Å². The van der Waals surface area contributed by atoms with Gasteiger partial charge < -0.3 is 14.8 Å². The van der Waals surface area contributed by atoms with Gasteiger partial charge in [-0.25, -0.2) is 0 Å². The third-order valence-electron chi connectivity index (χ3n) is 4.34. The number of ether oxygens (including phenoxy) is 2. The smallest absolute Gasteiger partial charge is 0.286 e. The lowest BCUT2D eigenvalue weighted by molar-refractivity contribution is -0.385. The SMILES string of the molecule is COc1cc(C(=O)NC(C)Cc2ccc(C)cc2C)c([N+](=O)[O-])cc1OC. The molecule has 0 fully saturated rings. The fourth-order valence-electron chi connectivity index (χ4n) is 2.96. The topological polar surface area (TPSA) is 90.7 Å². The molecule has 0 aliphatic heterocycles. The molecule has 0 aromatic heterocycles. The van der Waals surface area contributed by atoms with Gasteiger partial charge in [-0.2, -0.15) is 0 Å². The van der Waals surface area contributed by atoms with Crippen molar-refractivity contribution in [2.75, 3.05) is 14.2 Å². The van der Waals surface area contributed by atoms with Gasteiger partial charge in [0.1, 0.15) is 5.56 Å². The van der Waals surface area contributed by atoms with Crippen LogP contribution in [0.4, 0.5) is 5.69 Å². The summed E-state index contributed by atoms with van der Waals surface area (Å²) in [5, 5.41) is 14.2. The molecule has 0 heterocycles. The highest BCUT2D eigenvalue weighted by Crippen LogP contribution is 2.34. The van der Waals surface area contributed by atoms with E-state index in [2.05, 4.69) is 11.4 Å². The van der Waals surface area contributed by atoms with Crippen molar-refractivity contribution in [1.82, 2.24) is 5.32 Å². The maximum absolute atomic E-state index is 12.7. The Balaban J connectivity index is 2.24. The summed E-state index contributed by atoms with van der Waals surface area (Å²) >= 11 is 0. The Morgan fingerprint density at radius 1 is 1.15 bits per heavy atom. The number of nitrogens with zero attached hydrogens (tertiary/aromatic N) is 1. The molecule has 2 aromatic carbocycles. The Bertz CT molecular complexity index is 864. The second kappa shape index (κ2) is 8.53. The summed E-state index contributed by atoms with van der Waals surface area (Å²) in [7, 11) is 2.79. The highest BCUT2D eigenvalue weighted by atomic mass is 16.6. The van der Waals surface area contributed by atoms with Crippen LogP contribution >= 0.6 is 0 Å². The normalized spacial score (nSPS) is 11.6. The fourth-order valence-corrected chi connectivity index (χ4v) is 2.96. The van der Waals surface area contributed by atoms with Crippen molar-refractivity contribution in [2.45, 2.75) is 33.2 Å². The zero-order chi connectivity index (χ0) is 20.1. The third kappa shape index (κ3) is 4.75. The second-order valence-electron chi connectivity index (χ2n) is 6.49. The molecule has 0 saturated heterocycles. The van der Waals surface area contributed by atoms with Crippen LogP contribution in [0.25, 0.3) is 0 Å². The fraction of sp³-hybridized carbons (Fsp3) is 0.350. The summed E-state index contributed by atoms with van der Waals surface area (Å²) in [6.45, 7) is 5.91. The molecule has 7 heteroatoms. The molecule has 2 aromatic rings. The lowest BCUT2D eigenvalue weighted by Crippen LogP contribution is -2.34. The first-order valence-corrected chi connectivity index (χ1v) is 8.54. The lowest BCUT2D eigenvalue weighted by atomic mass is 9.99. The molecule has 7 nitrogen and oxygen atoms in total. The Hall–Kier alpha value is -3.09. The van der Waals surface area contributed by atoms with Crippen LogP contribution in [0, 0.1) is 24.0 Å². The van der Waals surface area contributed by atoms with Crippen molar-refractivity contribution in [3.63, 3.8) is 0 Å². The molecule has 144 valence electrons. The van der Waals surface area contributed by atoms with Crippen LogP contribution in [0.1, 0.15) is 34.0 Å². The summed E-state index contributed by atoms with van der Waals surface area (Å²) in [5.41, 5.74) is 3.05. The van der Waals surface area contributed by atoms with E-state index in [1.807, 2.05) is 32.9 Å². The van der Waals surface area contributed by atoms with Crippen LogP contribution in [0.5, 0.6) is 11.5 Å². The highest BCUT2D eigenvalue weighted by molar-refractivity contribution is 5.99. The first-order chi connectivity index (χ1) is 12.8.